The molecular weight excluding hydrogens is 200 g/mol. The lowest BCUT2D eigenvalue weighted by Crippen LogP contribution is -2.50. The quantitative estimate of drug-likeness (QED) is 0.780. The highest BCUT2D eigenvalue weighted by Gasteiger charge is 2.30. The molecule has 0 saturated heterocycles. The van der Waals surface area contributed by atoms with Crippen LogP contribution in [0.5, 0.6) is 0 Å². The first-order valence-electron chi connectivity index (χ1n) is 6.67. The van der Waals surface area contributed by atoms with E-state index in [2.05, 4.69) is 20.8 Å². The minimum absolute atomic E-state index is 0.156. The van der Waals surface area contributed by atoms with Crippen molar-refractivity contribution in [2.24, 2.45) is 11.7 Å². The third-order valence-corrected chi connectivity index (χ3v) is 3.93. The Morgan fingerprint density at radius 2 is 1.94 bits per heavy atom. The topological polar surface area (TPSA) is 46.3 Å². The number of amides is 1. The molecule has 0 heterocycles. The SMILES string of the molecule is CCC(C)[C@H](N)C(=O)N(CC)C1CCCC1. The van der Waals surface area contributed by atoms with E-state index in [1.807, 2.05) is 4.90 Å². The number of carbonyl (C=O) groups excluding carboxylic acids is 1. The molecule has 0 bridgehead atoms. The lowest BCUT2D eigenvalue weighted by Gasteiger charge is -2.31. The average Bonchev–Trinajstić information content (AvgIpc) is 2.81. The van der Waals surface area contributed by atoms with E-state index >= 15 is 0 Å². The second-order valence-corrected chi connectivity index (χ2v) is 4.97. The van der Waals surface area contributed by atoms with Crippen LogP contribution in [0.1, 0.15) is 52.9 Å². The molecule has 1 aliphatic rings. The molecule has 16 heavy (non-hydrogen) atoms. The van der Waals surface area contributed by atoms with Crippen molar-refractivity contribution in [2.75, 3.05) is 6.54 Å². The molecule has 94 valence electrons. The van der Waals surface area contributed by atoms with Crippen LogP contribution in [0.3, 0.4) is 0 Å². The fourth-order valence-electron chi connectivity index (χ4n) is 2.50. The molecule has 1 rings (SSSR count). The zero-order valence-electron chi connectivity index (χ0n) is 10.9. The maximum atomic E-state index is 12.3. The molecule has 0 radical (unpaired) electrons. The van der Waals surface area contributed by atoms with E-state index in [-0.39, 0.29) is 17.9 Å². The molecular formula is C13H26N2O. The second-order valence-electron chi connectivity index (χ2n) is 4.97. The number of rotatable bonds is 5. The molecule has 3 heteroatoms. The fraction of sp³-hybridized carbons (Fsp3) is 0.923. The molecule has 3 nitrogen and oxygen atoms in total. The molecule has 0 spiro atoms. The van der Waals surface area contributed by atoms with Gasteiger partial charge in [0.25, 0.3) is 0 Å². The van der Waals surface area contributed by atoms with Gasteiger partial charge in [0, 0.05) is 12.6 Å². The molecule has 1 amide bonds. The first-order valence-corrected chi connectivity index (χ1v) is 6.67. The van der Waals surface area contributed by atoms with E-state index in [0.717, 1.165) is 25.8 Å². The predicted octanol–water partition coefficient (Wildman–Crippen LogP) is 2.15. The van der Waals surface area contributed by atoms with Crippen molar-refractivity contribution in [1.82, 2.24) is 4.90 Å². The van der Waals surface area contributed by atoms with E-state index < -0.39 is 0 Å². The van der Waals surface area contributed by atoms with Crippen molar-refractivity contribution in [1.29, 1.82) is 0 Å². The fourth-order valence-corrected chi connectivity index (χ4v) is 2.50. The number of hydrogen-bond acceptors (Lipinski definition) is 2. The van der Waals surface area contributed by atoms with Gasteiger partial charge in [-0.15, -0.1) is 0 Å². The molecule has 0 aromatic rings. The van der Waals surface area contributed by atoms with Gasteiger partial charge in [-0.2, -0.15) is 0 Å². The zero-order valence-corrected chi connectivity index (χ0v) is 10.9. The molecule has 0 aliphatic heterocycles. The minimum atomic E-state index is -0.314. The molecule has 1 unspecified atom stereocenters. The molecule has 1 fully saturated rings. The van der Waals surface area contributed by atoms with Crippen LogP contribution in [0.25, 0.3) is 0 Å². The van der Waals surface area contributed by atoms with Crippen LogP contribution in [-0.4, -0.2) is 29.4 Å². The van der Waals surface area contributed by atoms with Crippen LogP contribution >= 0.6 is 0 Å². The van der Waals surface area contributed by atoms with Crippen LogP contribution in [0.15, 0.2) is 0 Å². The van der Waals surface area contributed by atoms with E-state index in [9.17, 15) is 4.79 Å². The lowest BCUT2D eigenvalue weighted by atomic mass is 9.98. The Morgan fingerprint density at radius 1 is 1.38 bits per heavy atom. The van der Waals surface area contributed by atoms with E-state index in [0.29, 0.717) is 6.04 Å². The van der Waals surface area contributed by atoms with Crippen LogP contribution in [0.4, 0.5) is 0 Å². The summed E-state index contributed by atoms with van der Waals surface area (Å²) in [5.74, 6) is 0.437. The summed E-state index contributed by atoms with van der Waals surface area (Å²) in [4.78, 5) is 14.3. The first-order chi connectivity index (χ1) is 7.61. The second kappa shape index (κ2) is 6.24. The summed E-state index contributed by atoms with van der Waals surface area (Å²) in [6.45, 7) is 7.00. The van der Waals surface area contributed by atoms with Crippen molar-refractivity contribution in [3.05, 3.63) is 0 Å². The van der Waals surface area contributed by atoms with Gasteiger partial charge in [0.2, 0.25) is 5.91 Å². The van der Waals surface area contributed by atoms with Crippen LogP contribution < -0.4 is 5.73 Å². The van der Waals surface area contributed by atoms with Gasteiger partial charge in [-0.3, -0.25) is 4.79 Å². The monoisotopic (exact) mass is 226 g/mol. The largest absolute Gasteiger partial charge is 0.339 e. The Balaban J connectivity index is 2.61. The zero-order chi connectivity index (χ0) is 12.1. The average molecular weight is 226 g/mol. The predicted molar refractivity (Wildman–Crippen MR) is 67.1 cm³/mol. The summed E-state index contributed by atoms with van der Waals surface area (Å²) in [6, 6.07) is 0.137. The maximum Gasteiger partial charge on any atom is 0.239 e. The molecule has 0 aromatic carbocycles. The van der Waals surface area contributed by atoms with Gasteiger partial charge >= 0.3 is 0 Å². The number of carbonyl (C=O) groups is 1. The summed E-state index contributed by atoms with van der Waals surface area (Å²) < 4.78 is 0. The van der Waals surface area contributed by atoms with Gasteiger partial charge in [-0.05, 0) is 25.7 Å². The Labute approximate surface area is 99.4 Å². The molecule has 2 atom stereocenters. The Hall–Kier alpha value is -0.570. The highest BCUT2D eigenvalue weighted by molar-refractivity contribution is 5.82. The summed E-state index contributed by atoms with van der Waals surface area (Å²) in [6.07, 6.45) is 5.80. The molecule has 0 aromatic heterocycles. The standard InChI is InChI=1S/C13H26N2O/c1-4-10(3)12(14)13(16)15(5-2)11-8-6-7-9-11/h10-12H,4-9,14H2,1-3H3/t10?,12-/m0/s1. The van der Waals surface area contributed by atoms with Gasteiger partial charge in [0.1, 0.15) is 0 Å². The van der Waals surface area contributed by atoms with Crippen molar-refractivity contribution in [3.63, 3.8) is 0 Å². The number of nitrogens with two attached hydrogens (primary N) is 1. The summed E-state index contributed by atoms with van der Waals surface area (Å²) in [7, 11) is 0. The highest BCUT2D eigenvalue weighted by atomic mass is 16.2. The summed E-state index contributed by atoms with van der Waals surface area (Å²) in [5.41, 5.74) is 6.02. The van der Waals surface area contributed by atoms with Gasteiger partial charge in [-0.1, -0.05) is 33.1 Å². The van der Waals surface area contributed by atoms with Crippen molar-refractivity contribution in [3.8, 4) is 0 Å². The number of likely N-dealkylation sites (N-methyl/N-ethyl adjacent to an activating group) is 1. The van der Waals surface area contributed by atoms with Gasteiger partial charge in [0.15, 0.2) is 0 Å². The molecule has 2 N–H and O–H groups in total. The Morgan fingerprint density at radius 3 is 2.38 bits per heavy atom. The van der Waals surface area contributed by atoms with Crippen LogP contribution in [0, 0.1) is 5.92 Å². The normalized spacial score (nSPS) is 20.8. The summed E-state index contributed by atoms with van der Waals surface area (Å²) in [5, 5.41) is 0. The minimum Gasteiger partial charge on any atom is -0.339 e. The smallest absolute Gasteiger partial charge is 0.239 e. The van der Waals surface area contributed by atoms with E-state index in [4.69, 9.17) is 5.73 Å². The molecule has 1 saturated carbocycles. The first kappa shape index (κ1) is 13.5. The van der Waals surface area contributed by atoms with E-state index in [1.165, 1.54) is 12.8 Å². The third kappa shape index (κ3) is 2.97. The van der Waals surface area contributed by atoms with Crippen molar-refractivity contribution >= 4 is 5.91 Å². The highest BCUT2D eigenvalue weighted by Crippen LogP contribution is 2.24. The van der Waals surface area contributed by atoms with Crippen molar-refractivity contribution in [2.45, 2.75) is 65.0 Å². The van der Waals surface area contributed by atoms with Crippen LogP contribution in [-0.2, 0) is 4.79 Å². The lowest BCUT2D eigenvalue weighted by molar-refractivity contribution is -0.135. The number of nitrogens with zero attached hydrogens (tertiary/aromatic N) is 1. The number of hydrogen-bond donors (Lipinski definition) is 1. The summed E-state index contributed by atoms with van der Waals surface area (Å²) >= 11 is 0. The Kier molecular flexibility index (Phi) is 5.26. The maximum absolute atomic E-state index is 12.3. The third-order valence-electron chi connectivity index (χ3n) is 3.93. The van der Waals surface area contributed by atoms with Crippen LogP contribution in [0.2, 0.25) is 0 Å². The van der Waals surface area contributed by atoms with Gasteiger partial charge in [-0.25, -0.2) is 0 Å². The molecule has 1 aliphatic carbocycles. The van der Waals surface area contributed by atoms with E-state index in [1.54, 1.807) is 0 Å². The van der Waals surface area contributed by atoms with Gasteiger partial charge in [0.05, 0.1) is 6.04 Å². The van der Waals surface area contributed by atoms with Crippen molar-refractivity contribution < 1.29 is 4.79 Å². The Bertz CT molecular complexity index is 224. The van der Waals surface area contributed by atoms with Gasteiger partial charge < -0.3 is 10.6 Å².